The molecule has 0 amide bonds. The van der Waals surface area contributed by atoms with E-state index in [0.29, 0.717) is 6.04 Å². The summed E-state index contributed by atoms with van der Waals surface area (Å²) in [6.45, 7) is 2.76. The third kappa shape index (κ3) is 2.65. The van der Waals surface area contributed by atoms with Gasteiger partial charge in [0.15, 0.2) is 5.17 Å². The van der Waals surface area contributed by atoms with Crippen LogP contribution in [0.5, 0.6) is 0 Å². The summed E-state index contributed by atoms with van der Waals surface area (Å²) < 4.78 is 0. The third-order valence-corrected chi connectivity index (χ3v) is 5.49. The van der Waals surface area contributed by atoms with E-state index in [4.69, 9.17) is 0 Å². The van der Waals surface area contributed by atoms with Crippen molar-refractivity contribution in [1.29, 1.82) is 0 Å². The van der Waals surface area contributed by atoms with Crippen LogP contribution in [0.4, 0.5) is 0 Å². The topological polar surface area (TPSA) is 37.3 Å². The summed E-state index contributed by atoms with van der Waals surface area (Å²) in [5, 5.41) is 7.91. The highest BCUT2D eigenvalue weighted by molar-refractivity contribution is 8.13. The molecule has 2 atom stereocenters. The molecule has 3 rings (SSSR count). The van der Waals surface area contributed by atoms with Crippen LogP contribution in [0.2, 0.25) is 0 Å². The lowest BCUT2D eigenvalue weighted by atomic mass is 10.1. The largest absolute Gasteiger partial charge is 0.362 e. The number of thioether (sulfide) groups is 1. The zero-order valence-corrected chi connectivity index (χ0v) is 11.6. The predicted octanol–water partition coefficient (Wildman–Crippen LogP) is 2.81. The van der Waals surface area contributed by atoms with Gasteiger partial charge in [-0.3, -0.25) is 4.99 Å². The summed E-state index contributed by atoms with van der Waals surface area (Å²) in [5.74, 6) is 2.12. The molecule has 1 aromatic rings. The molecule has 2 fully saturated rings. The molecule has 1 aromatic heterocycles. The van der Waals surface area contributed by atoms with E-state index in [1.54, 1.807) is 11.3 Å². The number of nitrogens with one attached hydrogen (secondary N) is 1. The molecule has 0 aromatic carbocycles. The van der Waals surface area contributed by atoms with Crippen LogP contribution in [0.1, 0.15) is 30.0 Å². The van der Waals surface area contributed by atoms with E-state index in [1.165, 1.54) is 25.0 Å². The van der Waals surface area contributed by atoms with Crippen LogP contribution in [0.3, 0.4) is 0 Å². The lowest BCUT2D eigenvalue weighted by molar-refractivity contribution is 0.489. The molecule has 0 radical (unpaired) electrons. The number of aryl methyl sites for hydroxylation is 1. The van der Waals surface area contributed by atoms with Gasteiger partial charge in [-0.15, -0.1) is 11.3 Å². The number of amidine groups is 1. The molecule has 3 nitrogen and oxygen atoms in total. The molecule has 0 spiro atoms. The van der Waals surface area contributed by atoms with Crippen LogP contribution < -0.4 is 5.32 Å². The van der Waals surface area contributed by atoms with Crippen LogP contribution in [0, 0.1) is 12.8 Å². The maximum Gasteiger partial charge on any atom is 0.157 e. The van der Waals surface area contributed by atoms with Crippen molar-refractivity contribution in [2.75, 3.05) is 5.75 Å². The second-order valence-electron chi connectivity index (χ2n) is 4.76. The van der Waals surface area contributed by atoms with E-state index in [0.717, 1.165) is 28.3 Å². The van der Waals surface area contributed by atoms with Crippen LogP contribution in [0.15, 0.2) is 10.4 Å². The fraction of sp³-hybridized carbons (Fsp3) is 0.667. The van der Waals surface area contributed by atoms with Gasteiger partial charge in [0, 0.05) is 22.9 Å². The molecule has 0 bridgehead atoms. The van der Waals surface area contributed by atoms with Gasteiger partial charge in [-0.2, -0.15) is 0 Å². The second kappa shape index (κ2) is 4.98. The molecule has 2 unspecified atom stereocenters. The Kier molecular flexibility index (Phi) is 3.38. The van der Waals surface area contributed by atoms with Gasteiger partial charge in [-0.05, 0) is 25.7 Å². The van der Waals surface area contributed by atoms with Crippen LogP contribution in [-0.2, 0) is 6.54 Å². The van der Waals surface area contributed by atoms with Gasteiger partial charge in [-0.25, -0.2) is 4.98 Å². The Morgan fingerprint density at radius 1 is 1.53 bits per heavy atom. The zero-order chi connectivity index (χ0) is 11.7. The molecular formula is C12H17N3S2. The number of hydrogen-bond acceptors (Lipinski definition) is 4. The van der Waals surface area contributed by atoms with E-state index in [-0.39, 0.29) is 0 Å². The first-order valence-corrected chi connectivity index (χ1v) is 8.02. The summed E-state index contributed by atoms with van der Waals surface area (Å²) in [6, 6.07) is 0.688. The highest BCUT2D eigenvalue weighted by atomic mass is 32.2. The van der Waals surface area contributed by atoms with Crippen molar-refractivity contribution in [3.8, 4) is 0 Å². The van der Waals surface area contributed by atoms with Crippen LogP contribution >= 0.6 is 23.1 Å². The van der Waals surface area contributed by atoms with Crippen molar-refractivity contribution >= 4 is 28.3 Å². The van der Waals surface area contributed by atoms with Gasteiger partial charge in [0.2, 0.25) is 0 Å². The molecule has 5 heteroatoms. The molecule has 1 saturated heterocycles. The van der Waals surface area contributed by atoms with E-state index in [1.807, 2.05) is 18.7 Å². The van der Waals surface area contributed by atoms with Gasteiger partial charge >= 0.3 is 0 Å². The van der Waals surface area contributed by atoms with Crippen molar-refractivity contribution in [2.24, 2.45) is 10.9 Å². The number of rotatable bonds is 2. The smallest absolute Gasteiger partial charge is 0.157 e. The van der Waals surface area contributed by atoms with Crippen LogP contribution in [-0.4, -0.2) is 21.9 Å². The molecule has 92 valence electrons. The summed E-state index contributed by atoms with van der Waals surface area (Å²) in [7, 11) is 0. The van der Waals surface area contributed by atoms with Crippen molar-refractivity contribution < 1.29 is 0 Å². The standard InChI is InChI=1S/C12H17N3S2/c1-8-6-16-11(14-8)5-13-12-15-10-4-2-3-9(10)7-17-12/h6,9-10H,2-5,7H2,1H3,(H,13,15). The Labute approximate surface area is 110 Å². The number of thiazole rings is 1. The Morgan fingerprint density at radius 2 is 2.47 bits per heavy atom. The number of nitrogens with zero attached hydrogens (tertiary/aromatic N) is 2. The molecule has 1 aliphatic heterocycles. The average molecular weight is 267 g/mol. The fourth-order valence-electron chi connectivity index (χ4n) is 2.52. The number of aliphatic imine (C=N–C) groups is 1. The molecule has 17 heavy (non-hydrogen) atoms. The van der Waals surface area contributed by atoms with Gasteiger partial charge in [-0.1, -0.05) is 18.2 Å². The second-order valence-corrected chi connectivity index (χ2v) is 6.71. The molecular weight excluding hydrogens is 250 g/mol. The molecule has 2 heterocycles. The first kappa shape index (κ1) is 11.5. The SMILES string of the molecule is Cc1csc(CN=C2NC3CCCC3CS2)n1. The van der Waals surface area contributed by atoms with E-state index in [9.17, 15) is 0 Å². The minimum atomic E-state index is 0.688. The van der Waals surface area contributed by atoms with Crippen molar-refractivity contribution in [3.05, 3.63) is 16.1 Å². The average Bonchev–Trinajstić information content (AvgIpc) is 2.94. The quantitative estimate of drug-likeness (QED) is 0.895. The lowest BCUT2D eigenvalue weighted by Gasteiger charge is -2.27. The minimum absolute atomic E-state index is 0.688. The maximum absolute atomic E-state index is 4.64. The first-order valence-electron chi connectivity index (χ1n) is 6.16. The summed E-state index contributed by atoms with van der Waals surface area (Å²) in [6.07, 6.45) is 4.09. The Bertz CT molecular complexity index is 427. The van der Waals surface area contributed by atoms with E-state index >= 15 is 0 Å². The molecule has 1 saturated carbocycles. The fourth-order valence-corrected chi connectivity index (χ4v) is 4.38. The number of hydrogen-bond donors (Lipinski definition) is 1. The lowest BCUT2D eigenvalue weighted by Crippen LogP contribution is -2.41. The first-order chi connectivity index (χ1) is 8.31. The summed E-state index contributed by atoms with van der Waals surface area (Å²) in [5.41, 5.74) is 1.10. The Hall–Kier alpha value is -0.550. The van der Waals surface area contributed by atoms with Crippen molar-refractivity contribution in [3.63, 3.8) is 0 Å². The highest BCUT2D eigenvalue weighted by Crippen LogP contribution is 2.32. The van der Waals surface area contributed by atoms with Crippen LogP contribution in [0.25, 0.3) is 0 Å². The number of aromatic nitrogens is 1. The Morgan fingerprint density at radius 3 is 3.29 bits per heavy atom. The van der Waals surface area contributed by atoms with Gasteiger partial charge in [0.05, 0.1) is 6.54 Å². The maximum atomic E-state index is 4.64. The zero-order valence-electron chi connectivity index (χ0n) is 9.98. The van der Waals surface area contributed by atoms with Gasteiger partial charge in [0.25, 0.3) is 0 Å². The van der Waals surface area contributed by atoms with Gasteiger partial charge in [0.1, 0.15) is 5.01 Å². The Balaban J connectivity index is 1.61. The summed E-state index contributed by atoms with van der Waals surface area (Å²) >= 11 is 3.58. The van der Waals surface area contributed by atoms with Crippen molar-refractivity contribution in [1.82, 2.24) is 10.3 Å². The van der Waals surface area contributed by atoms with E-state index in [2.05, 4.69) is 20.7 Å². The monoisotopic (exact) mass is 267 g/mol. The molecule has 2 aliphatic rings. The van der Waals surface area contributed by atoms with Crippen molar-refractivity contribution in [2.45, 2.75) is 38.8 Å². The number of fused-ring (bicyclic) bond motifs is 1. The third-order valence-electron chi connectivity index (χ3n) is 3.43. The molecule has 1 N–H and O–H groups in total. The predicted molar refractivity (Wildman–Crippen MR) is 74.7 cm³/mol. The van der Waals surface area contributed by atoms with E-state index < -0.39 is 0 Å². The molecule has 1 aliphatic carbocycles. The van der Waals surface area contributed by atoms with Gasteiger partial charge < -0.3 is 5.32 Å². The highest BCUT2D eigenvalue weighted by Gasteiger charge is 2.31. The minimum Gasteiger partial charge on any atom is -0.362 e. The summed E-state index contributed by atoms with van der Waals surface area (Å²) in [4.78, 5) is 9.08. The normalized spacial score (nSPS) is 30.3.